The summed E-state index contributed by atoms with van der Waals surface area (Å²) >= 11 is 1.73. The lowest BCUT2D eigenvalue weighted by molar-refractivity contribution is -0.135. The maximum absolute atomic E-state index is 13.3. The van der Waals surface area contributed by atoms with Crippen LogP contribution in [0, 0.1) is 5.92 Å². The lowest BCUT2D eigenvalue weighted by Crippen LogP contribution is -2.50. The van der Waals surface area contributed by atoms with Gasteiger partial charge in [-0.05, 0) is 48.4 Å². The summed E-state index contributed by atoms with van der Waals surface area (Å²) in [6.07, 6.45) is 0.839. The van der Waals surface area contributed by atoms with Gasteiger partial charge in [-0.15, -0.1) is 11.3 Å². The molecule has 0 saturated carbocycles. The van der Waals surface area contributed by atoms with Gasteiger partial charge in [0.15, 0.2) is 0 Å². The van der Waals surface area contributed by atoms with Crippen molar-refractivity contribution in [1.29, 1.82) is 0 Å². The van der Waals surface area contributed by atoms with E-state index in [2.05, 4.69) is 16.8 Å². The van der Waals surface area contributed by atoms with Crippen LogP contribution >= 0.6 is 11.3 Å². The number of nitrogens with one attached hydrogen (secondary N) is 1. The molecule has 1 aromatic heterocycles. The summed E-state index contributed by atoms with van der Waals surface area (Å²) in [5.41, 5.74) is 1.16. The Labute approximate surface area is 182 Å². The molecule has 6 nitrogen and oxygen atoms in total. The zero-order valence-electron chi connectivity index (χ0n) is 18.0. The van der Waals surface area contributed by atoms with Crippen LogP contribution in [0.1, 0.15) is 37.3 Å². The summed E-state index contributed by atoms with van der Waals surface area (Å²) in [6, 6.07) is 11.4. The highest BCUT2D eigenvalue weighted by molar-refractivity contribution is 7.10. The van der Waals surface area contributed by atoms with E-state index in [0.29, 0.717) is 26.2 Å². The monoisotopic (exact) mass is 429 g/mol. The fraction of sp³-hybridized carbons (Fsp3) is 0.478. The van der Waals surface area contributed by atoms with Crippen LogP contribution < -0.4 is 10.1 Å². The molecule has 0 aliphatic carbocycles. The number of urea groups is 1. The molecular weight excluding hydrogens is 398 g/mol. The third-order valence-corrected chi connectivity index (χ3v) is 6.09. The number of benzene rings is 1. The average molecular weight is 430 g/mol. The molecule has 1 aromatic carbocycles. The lowest BCUT2D eigenvalue weighted by atomic mass is 10.0. The summed E-state index contributed by atoms with van der Waals surface area (Å²) in [5.74, 6) is 1.03. The second kappa shape index (κ2) is 10.5. The van der Waals surface area contributed by atoms with Crippen LogP contribution in [-0.4, -0.2) is 54.5 Å². The number of rotatable bonds is 8. The molecule has 3 rings (SSSR count). The van der Waals surface area contributed by atoms with Gasteiger partial charge in [0.2, 0.25) is 5.91 Å². The second-order valence-corrected chi connectivity index (χ2v) is 8.89. The molecule has 2 heterocycles. The van der Waals surface area contributed by atoms with Crippen molar-refractivity contribution in [1.82, 2.24) is 15.1 Å². The fourth-order valence-electron chi connectivity index (χ4n) is 3.74. The molecule has 0 radical (unpaired) electrons. The van der Waals surface area contributed by atoms with Crippen molar-refractivity contribution in [2.45, 2.75) is 33.2 Å². The summed E-state index contributed by atoms with van der Waals surface area (Å²) in [6.45, 7) is 8.16. The van der Waals surface area contributed by atoms with Crippen LogP contribution in [0.5, 0.6) is 5.75 Å². The molecule has 162 valence electrons. The first-order valence-electron chi connectivity index (χ1n) is 10.6. The molecule has 2 aromatic rings. The van der Waals surface area contributed by atoms with Gasteiger partial charge >= 0.3 is 6.03 Å². The van der Waals surface area contributed by atoms with Crippen molar-refractivity contribution in [3.8, 4) is 5.75 Å². The van der Waals surface area contributed by atoms with Gasteiger partial charge in [0, 0.05) is 24.5 Å². The van der Waals surface area contributed by atoms with E-state index in [4.69, 9.17) is 4.74 Å². The van der Waals surface area contributed by atoms with E-state index in [1.165, 1.54) is 4.88 Å². The van der Waals surface area contributed by atoms with Crippen molar-refractivity contribution in [2.75, 3.05) is 32.8 Å². The molecule has 0 unspecified atom stereocenters. The number of thiophene rings is 1. The third kappa shape index (κ3) is 5.53. The number of amides is 3. The molecule has 1 aliphatic rings. The first kappa shape index (κ1) is 22.2. The summed E-state index contributed by atoms with van der Waals surface area (Å²) in [7, 11) is 0. The van der Waals surface area contributed by atoms with Crippen LogP contribution in [0.3, 0.4) is 0 Å². The Morgan fingerprint density at radius 3 is 2.73 bits per heavy atom. The van der Waals surface area contributed by atoms with Gasteiger partial charge in [-0.3, -0.25) is 4.79 Å². The van der Waals surface area contributed by atoms with Crippen LogP contribution in [-0.2, 0) is 11.2 Å². The van der Waals surface area contributed by atoms with Gasteiger partial charge in [-0.2, -0.15) is 0 Å². The van der Waals surface area contributed by atoms with E-state index in [9.17, 15) is 9.59 Å². The first-order valence-corrected chi connectivity index (χ1v) is 11.4. The van der Waals surface area contributed by atoms with Crippen LogP contribution in [0.4, 0.5) is 4.79 Å². The number of carbonyl (C=O) groups is 2. The number of ether oxygens (including phenoxy) is 1. The normalized spacial score (nSPS) is 15.6. The van der Waals surface area contributed by atoms with E-state index >= 15 is 0 Å². The van der Waals surface area contributed by atoms with Gasteiger partial charge < -0.3 is 19.9 Å². The number of carbonyl (C=O) groups excluding carboxylic acids is 2. The Morgan fingerprint density at radius 2 is 2.03 bits per heavy atom. The van der Waals surface area contributed by atoms with Gasteiger partial charge in [0.25, 0.3) is 0 Å². The Balaban J connectivity index is 1.75. The molecule has 0 spiro atoms. The minimum Gasteiger partial charge on any atom is -0.491 e. The quantitative estimate of drug-likeness (QED) is 0.691. The zero-order valence-corrected chi connectivity index (χ0v) is 18.8. The van der Waals surface area contributed by atoms with E-state index < -0.39 is 0 Å². The van der Waals surface area contributed by atoms with Crippen molar-refractivity contribution < 1.29 is 14.3 Å². The maximum atomic E-state index is 13.3. The summed E-state index contributed by atoms with van der Waals surface area (Å²) in [5, 5.41) is 4.90. The van der Waals surface area contributed by atoms with E-state index in [1.54, 1.807) is 16.2 Å². The molecule has 0 saturated heterocycles. The van der Waals surface area contributed by atoms with E-state index in [1.807, 2.05) is 56.0 Å². The van der Waals surface area contributed by atoms with Crippen LogP contribution in [0.15, 0.2) is 41.8 Å². The Bertz CT molecular complexity index is 837. The van der Waals surface area contributed by atoms with Gasteiger partial charge in [-0.25, -0.2) is 4.79 Å². The molecule has 0 bridgehead atoms. The SMILES string of the molecule is CCNC(=O)N(CC(=O)N1CCc2sccc2[C@@H]1COc1ccccc1)CC(C)C. The van der Waals surface area contributed by atoms with Crippen molar-refractivity contribution in [3.05, 3.63) is 52.2 Å². The third-order valence-electron chi connectivity index (χ3n) is 5.09. The highest BCUT2D eigenvalue weighted by atomic mass is 32.1. The molecule has 1 atom stereocenters. The molecule has 1 N–H and O–H groups in total. The predicted molar refractivity (Wildman–Crippen MR) is 120 cm³/mol. The molecule has 3 amide bonds. The smallest absolute Gasteiger partial charge is 0.317 e. The number of hydrogen-bond donors (Lipinski definition) is 1. The molecule has 0 fully saturated rings. The highest BCUT2D eigenvalue weighted by Crippen LogP contribution is 2.34. The Morgan fingerprint density at radius 1 is 1.27 bits per heavy atom. The highest BCUT2D eigenvalue weighted by Gasteiger charge is 2.33. The van der Waals surface area contributed by atoms with E-state index in [0.717, 1.165) is 17.7 Å². The van der Waals surface area contributed by atoms with Crippen molar-refractivity contribution in [2.24, 2.45) is 5.92 Å². The first-order chi connectivity index (χ1) is 14.5. The maximum Gasteiger partial charge on any atom is 0.317 e. The molecular formula is C23H31N3O3S. The summed E-state index contributed by atoms with van der Waals surface area (Å²) in [4.78, 5) is 30.6. The van der Waals surface area contributed by atoms with Gasteiger partial charge in [0.05, 0.1) is 6.04 Å². The Hall–Kier alpha value is -2.54. The predicted octanol–water partition coefficient (Wildman–Crippen LogP) is 3.94. The molecule has 7 heteroatoms. The second-order valence-electron chi connectivity index (χ2n) is 7.89. The number of fused-ring (bicyclic) bond motifs is 1. The molecule has 1 aliphatic heterocycles. The minimum atomic E-state index is -0.190. The number of hydrogen-bond acceptors (Lipinski definition) is 4. The van der Waals surface area contributed by atoms with Crippen molar-refractivity contribution >= 4 is 23.3 Å². The van der Waals surface area contributed by atoms with E-state index in [-0.39, 0.29) is 30.4 Å². The Kier molecular flexibility index (Phi) is 7.74. The van der Waals surface area contributed by atoms with Gasteiger partial charge in [-0.1, -0.05) is 32.0 Å². The topological polar surface area (TPSA) is 61.9 Å². The lowest BCUT2D eigenvalue weighted by Gasteiger charge is -2.37. The standard InChI is InChI=1S/C23H31N3O3S/c1-4-24-23(28)25(14-17(2)3)15-22(27)26-12-10-21-19(11-13-30-21)20(26)16-29-18-8-6-5-7-9-18/h5-9,11,13,17,20H,4,10,12,14-16H2,1-3H3,(H,24,28)/t20-/m0/s1. The number of para-hydroxylation sites is 1. The fourth-order valence-corrected chi connectivity index (χ4v) is 4.67. The average Bonchev–Trinajstić information content (AvgIpc) is 3.21. The molecule has 30 heavy (non-hydrogen) atoms. The largest absolute Gasteiger partial charge is 0.491 e. The van der Waals surface area contributed by atoms with Crippen LogP contribution in [0.25, 0.3) is 0 Å². The van der Waals surface area contributed by atoms with Gasteiger partial charge in [0.1, 0.15) is 18.9 Å². The summed E-state index contributed by atoms with van der Waals surface area (Å²) < 4.78 is 6.03. The minimum absolute atomic E-state index is 0.0413. The number of nitrogens with zero attached hydrogens (tertiary/aromatic N) is 2. The van der Waals surface area contributed by atoms with Crippen molar-refractivity contribution in [3.63, 3.8) is 0 Å². The zero-order chi connectivity index (χ0) is 21.5. The van der Waals surface area contributed by atoms with Crippen LogP contribution in [0.2, 0.25) is 0 Å².